The van der Waals surface area contributed by atoms with Crippen LogP contribution in [0.1, 0.15) is 6.92 Å². The van der Waals surface area contributed by atoms with Gasteiger partial charge in [-0.15, -0.1) is 0 Å². The van der Waals surface area contributed by atoms with Crippen LogP contribution in [0.5, 0.6) is 0 Å². The van der Waals surface area contributed by atoms with Crippen LogP contribution in [0.4, 0.5) is 48.6 Å². The SMILES string of the molecule is COC(C)(OC)OC.COC(F)C(F)(F)F.COC(O)C(F)(F)F.COC(OC)C(F)(F)F.F. The van der Waals surface area contributed by atoms with Crippen molar-refractivity contribution in [3.8, 4) is 0 Å². The average Bonchev–Trinajstić information content (AvgIpc) is 2.71. The number of ether oxygens (including phenoxy) is 7. The summed E-state index contributed by atoms with van der Waals surface area (Å²) >= 11 is 0. The van der Waals surface area contributed by atoms with E-state index in [9.17, 15) is 43.9 Å². The lowest BCUT2D eigenvalue weighted by atomic mass is 10.6. The predicted octanol–water partition coefficient (Wildman–Crippen LogP) is 3.92. The number of alkyl halides is 10. The number of halogens is 11. The Hall–Kier alpha value is -1.09. The summed E-state index contributed by atoms with van der Waals surface area (Å²) in [4.78, 5) is 0. The summed E-state index contributed by atoms with van der Waals surface area (Å²) in [6.45, 7) is 1.69. The van der Waals surface area contributed by atoms with Crippen molar-refractivity contribution in [1.82, 2.24) is 0 Å². The zero-order valence-corrected chi connectivity index (χ0v) is 19.2. The van der Waals surface area contributed by atoms with Crippen molar-refractivity contribution in [2.75, 3.05) is 49.8 Å². The van der Waals surface area contributed by atoms with Crippen molar-refractivity contribution >= 4 is 0 Å². The van der Waals surface area contributed by atoms with Crippen LogP contribution in [0, 0.1) is 0 Å². The van der Waals surface area contributed by atoms with Gasteiger partial charge in [0.2, 0.25) is 0 Å². The molecule has 0 spiro atoms. The highest BCUT2D eigenvalue weighted by atomic mass is 19.4. The molecule has 0 aliphatic heterocycles. The second-order valence-corrected chi connectivity index (χ2v) is 5.04. The lowest BCUT2D eigenvalue weighted by Crippen LogP contribution is -2.32. The van der Waals surface area contributed by atoms with E-state index in [1.54, 1.807) is 6.92 Å². The van der Waals surface area contributed by atoms with Gasteiger partial charge in [0.1, 0.15) is 0 Å². The van der Waals surface area contributed by atoms with Gasteiger partial charge < -0.3 is 38.3 Å². The summed E-state index contributed by atoms with van der Waals surface area (Å²) in [5.74, 6) is -0.875. The Morgan fingerprint density at radius 1 is 0.559 bits per heavy atom. The third-order valence-electron chi connectivity index (χ3n) is 2.78. The molecule has 0 aliphatic carbocycles. The van der Waals surface area contributed by atoms with Crippen molar-refractivity contribution in [3.05, 3.63) is 0 Å². The Labute approximate surface area is 188 Å². The monoisotopic (exact) mass is 546 g/mol. The van der Waals surface area contributed by atoms with E-state index in [1.807, 2.05) is 0 Å². The first-order valence-electron chi connectivity index (χ1n) is 7.96. The maximum Gasteiger partial charge on any atom is 0.445 e. The van der Waals surface area contributed by atoms with Gasteiger partial charge in [-0.3, -0.25) is 4.70 Å². The van der Waals surface area contributed by atoms with Crippen molar-refractivity contribution < 1.29 is 86.9 Å². The number of rotatable bonds is 7. The van der Waals surface area contributed by atoms with E-state index >= 15 is 0 Å². The van der Waals surface area contributed by atoms with E-state index in [0.717, 1.165) is 21.3 Å². The maximum absolute atomic E-state index is 11.5. The molecular formula is C15H29F11O8. The molecule has 0 aromatic heterocycles. The third kappa shape index (κ3) is 24.0. The minimum absolute atomic E-state index is 0. The summed E-state index contributed by atoms with van der Waals surface area (Å²) in [6, 6.07) is 0. The zero-order chi connectivity index (χ0) is 27.7. The largest absolute Gasteiger partial charge is 0.445 e. The molecular weight excluding hydrogens is 517 g/mol. The fourth-order valence-corrected chi connectivity index (χ4v) is 0.881. The number of aliphatic hydroxyl groups is 1. The standard InChI is InChI=1S/C5H12O3.C4H7F3O2.C3H4F4O.C3H5F3O2.FH/c1-5(6-2,7-3)8-4;1-8-3(9-2)4(5,6)7;1-8-2(4)3(5,6)7;1-8-2(7)3(4,5)6;/h1-4H3;3H,1-2H3;2H,1H3;2,7H,1H3;1H. The molecule has 2 atom stereocenters. The topological polar surface area (TPSA) is 84.8 Å². The molecule has 0 aromatic carbocycles. The van der Waals surface area contributed by atoms with E-state index < -0.39 is 43.4 Å². The van der Waals surface area contributed by atoms with Gasteiger partial charge in [-0.2, -0.15) is 39.5 Å². The first-order chi connectivity index (χ1) is 14.7. The second kappa shape index (κ2) is 20.1. The van der Waals surface area contributed by atoms with Gasteiger partial charge in [0.15, 0.2) is 0 Å². The van der Waals surface area contributed by atoms with Crippen molar-refractivity contribution in [2.45, 2.75) is 50.4 Å². The highest BCUT2D eigenvalue weighted by molar-refractivity contribution is 4.53. The van der Waals surface area contributed by atoms with Gasteiger partial charge in [-0.05, 0) is 0 Å². The fraction of sp³-hybridized carbons (Fsp3) is 1.00. The van der Waals surface area contributed by atoms with Gasteiger partial charge in [0.25, 0.3) is 24.9 Å². The molecule has 0 rings (SSSR count). The molecule has 0 amide bonds. The van der Waals surface area contributed by atoms with Crippen LogP contribution >= 0.6 is 0 Å². The maximum atomic E-state index is 11.5. The van der Waals surface area contributed by atoms with Crippen LogP contribution in [-0.2, 0) is 33.2 Å². The van der Waals surface area contributed by atoms with E-state index in [-0.39, 0.29) is 4.70 Å². The van der Waals surface area contributed by atoms with Gasteiger partial charge in [0, 0.05) is 56.7 Å². The van der Waals surface area contributed by atoms with Crippen molar-refractivity contribution in [3.63, 3.8) is 0 Å². The lowest BCUT2D eigenvalue weighted by molar-refractivity contribution is -0.340. The fourth-order valence-electron chi connectivity index (χ4n) is 0.881. The summed E-state index contributed by atoms with van der Waals surface area (Å²) in [7, 11) is 7.85. The predicted molar refractivity (Wildman–Crippen MR) is 92.8 cm³/mol. The summed E-state index contributed by atoms with van der Waals surface area (Å²) < 4.78 is 141. The number of aliphatic hydroxyl groups excluding tert-OH is 1. The highest BCUT2D eigenvalue weighted by Gasteiger charge is 2.41. The normalized spacial score (nSPS) is 13.8. The molecule has 214 valence electrons. The minimum atomic E-state index is -4.88. The third-order valence-corrected chi connectivity index (χ3v) is 2.78. The van der Waals surface area contributed by atoms with E-state index in [2.05, 4.69) is 18.9 Å². The summed E-state index contributed by atoms with van der Waals surface area (Å²) in [6.07, 6.45) is -21.9. The Morgan fingerprint density at radius 2 is 0.882 bits per heavy atom. The van der Waals surface area contributed by atoms with Crippen molar-refractivity contribution in [1.29, 1.82) is 0 Å². The van der Waals surface area contributed by atoms with Crippen LogP contribution < -0.4 is 0 Å². The molecule has 0 fully saturated rings. The highest BCUT2D eigenvalue weighted by Crippen LogP contribution is 2.23. The molecule has 1 N–H and O–H groups in total. The quantitative estimate of drug-likeness (QED) is 0.380. The molecule has 0 saturated carbocycles. The Morgan fingerprint density at radius 3 is 0.882 bits per heavy atom. The Kier molecular flexibility index (Phi) is 25.5. The second-order valence-electron chi connectivity index (χ2n) is 5.04. The van der Waals surface area contributed by atoms with E-state index in [4.69, 9.17) is 19.3 Å². The summed E-state index contributed by atoms with van der Waals surface area (Å²) in [5, 5.41) is 7.85. The first-order valence-corrected chi connectivity index (χ1v) is 7.96. The van der Waals surface area contributed by atoms with Crippen LogP contribution in [0.2, 0.25) is 0 Å². The molecule has 19 heteroatoms. The van der Waals surface area contributed by atoms with E-state index in [1.165, 1.54) is 21.3 Å². The molecule has 0 radical (unpaired) electrons. The molecule has 34 heavy (non-hydrogen) atoms. The number of hydrogen-bond acceptors (Lipinski definition) is 8. The molecule has 0 saturated heterocycles. The molecule has 0 aromatic rings. The Balaban J connectivity index is -0.000000109. The van der Waals surface area contributed by atoms with Crippen molar-refractivity contribution in [2.24, 2.45) is 0 Å². The smallest absolute Gasteiger partial charge is 0.361 e. The molecule has 0 heterocycles. The molecule has 0 bridgehead atoms. The lowest BCUT2D eigenvalue weighted by Gasteiger charge is -2.23. The average molecular weight is 546 g/mol. The van der Waals surface area contributed by atoms with Gasteiger partial charge in [-0.25, -0.2) is 4.39 Å². The van der Waals surface area contributed by atoms with Crippen LogP contribution in [0.15, 0.2) is 0 Å². The molecule has 0 aliphatic rings. The molecule has 2 unspecified atom stereocenters. The number of hydrogen-bond donors (Lipinski definition) is 1. The van der Waals surface area contributed by atoms with Gasteiger partial charge in [0.05, 0.1) is 0 Å². The van der Waals surface area contributed by atoms with Crippen LogP contribution in [0.3, 0.4) is 0 Å². The van der Waals surface area contributed by atoms with Crippen LogP contribution in [0.25, 0.3) is 0 Å². The van der Waals surface area contributed by atoms with E-state index in [0.29, 0.717) is 7.11 Å². The zero-order valence-electron chi connectivity index (χ0n) is 19.2. The molecule has 8 nitrogen and oxygen atoms in total. The summed E-state index contributed by atoms with van der Waals surface area (Å²) in [5.41, 5.74) is 0. The van der Waals surface area contributed by atoms with Gasteiger partial charge in [-0.1, -0.05) is 0 Å². The number of methoxy groups -OCH3 is 7. The Bertz CT molecular complexity index is 411. The minimum Gasteiger partial charge on any atom is -0.361 e. The first kappa shape index (κ1) is 43.0. The van der Waals surface area contributed by atoms with Gasteiger partial charge >= 0.3 is 18.5 Å². The van der Waals surface area contributed by atoms with Crippen LogP contribution in [-0.4, -0.2) is 98.3 Å².